The zero-order valence-corrected chi connectivity index (χ0v) is 16.5. The largest absolute Gasteiger partial charge is 0.292 e. The van der Waals surface area contributed by atoms with Gasteiger partial charge in [0.05, 0.1) is 6.04 Å². The van der Waals surface area contributed by atoms with Crippen LogP contribution in [0.25, 0.3) is 6.08 Å². The molecule has 2 fully saturated rings. The van der Waals surface area contributed by atoms with Gasteiger partial charge in [-0.3, -0.25) is 9.69 Å². The number of Topliss-reactive ketones (excluding diaryl/α,β-unsaturated/α-hetero) is 1. The molecule has 0 bridgehead atoms. The van der Waals surface area contributed by atoms with Gasteiger partial charge in [0, 0.05) is 6.54 Å². The van der Waals surface area contributed by atoms with Gasteiger partial charge in [-0.05, 0) is 47.6 Å². The molecule has 0 radical (unpaired) electrons. The van der Waals surface area contributed by atoms with Crippen molar-refractivity contribution in [3.8, 4) is 0 Å². The summed E-state index contributed by atoms with van der Waals surface area (Å²) in [6.07, 6.45) is 4.96. The Balaban J connectivity index is 1.51. The molecule has 144 valence electrons. The average molecular weight is 380 g/mol. The van der Waals surface area contributed by atoms with Gasteiger partial charge in [0.15, 0.2) is 5.78 Å². The highest BCUT2D eigenvalue weighted by Gasteiger charge is 2.68. The van der Waals surface area contributed by atoms with Crippen LogP contribution in [0.15, 0.2) is 96.6 Å². The number of hydrogen-bond donors (Lipinski definition) is 0. The van der Waals surface area contributed by atoms with E-state index in [9.17, 15) is 4.79 Å². The maximum Gasteiger partial charge on any atom is 0.181 e. The van der Waals surface area contributed by atoms with E-state index in [0.717, 1.165) is 36.9 Å². The number of nitrogens with zero attached hydrogens (tertiary/aromatic N) is 1. The van der Waals surface area contributed by atoms with E-state index in [0.29, 0.717) is 5.78 Å². The summed E-state index contributed by atoms with van der Waals surface area (Å²) in [6, 6.07) is 31.4. The number of hydrogen-bond acceptors (Lipinski definition) is 2. The molecule has 3 aromatic carbocycles. The van der Waals surface area contributed by atoms with Crippen molar-refractivity contribution >= 4 is 11.9 Å². The molecule has 2 aliphatic rings. The molecule has 1 aliphatic carbocycles. The van der Waals surface area contributed by atoms with Gasteiger partial charge >= 0.3 is 0 Å². The fraction of sp³-hybridized carbons (Fsp3) is 0.222. The molecule has 1 saturated heterocycles. The Morgan fingerprint density at radius 1 is 0.862 bits per heavy atom. The van der Waals surface area contributed by atoms with Crippen LogP contribution in [-0.4, -0.2) is 16.2 Å². The third-order valence-electron chi connectivity index (χ3n) is 6.35. The van der Waals surface area contributed by atoms with Crippen molar-refractivity contribution < 1.29 is 4.79 Å². The lowest BCUT2D eigenvalue weighted by atomic mass is 9.79. The smallest absolute Gasteiger partial charge is 0.181 e. The first-order valence-corrected chi connectivity index (χ1v) is 10.4. The Morgan fingerprint density at radius 3 is 2.17 bits per heavy atom. The van der Waals surface area contributed by atoms with Crippen molar-refractivity contribution in [3.05, 3.63) is 113 Å². The summed E-state index contributed by atoms with van der Waals surface area (Å²) >= 11 is 0. The minimum Gasteiger partial charge on any atom is -0.292 e. The molecule has 29 heavy (non-hydrogen) atoms. The summed E-state index contributed by atoms with van der Waals surface area (Å²) in [6.45, 7) is 0.810. The van der Waals surface area contributed by atoms with Gasteiger partial charge < -0.3 is 0 Å². The highest BCUT2D eigenvalue weighted by Crippen LogP contribution is 2.60. The Bertz CT molecular complexity index is 1030. The van der Waals surface area contributed by atoms with Gasteiger partial charge in [-0.1, -0.05) is 91.0 Å². The number of carbonyl (C=O) groups is 1. The summed E-state index contributed by atoms with van der Waals surface area (Å²) < 4.78 is 0. The quantitative estimate of drug-likeness (QED) is 0.420. The predicted molar refractivity (Wildman–Crippen MR) is 117 cm³/mol. The van der Waals surface area contributed by atoms with Gasteiger partial charge in [0.2, 0.25) is 0 Å². The van der Waals surface area contributed by atoms with Crippen LogP contribution in [0.5, 0.6) is 0 Å². The molecule has 1 spiro atoms. The van der Waals surface area contributed by atoms with E-state index in [1.54, 1.807) is 0 Å². The first-order chi connectivity index (χ1) is 14.3. The average Bonchev–Trinajstić information content (AvgIpc) is 3.40. The Hall–Kier alpha value is -2.97. The Labute approximate surface area is 172 Å². The van der Waals surface area contributed by atoms with Gasteiger partial charge in [0.25, 0.3) is 0 Å². The minimum absolute atomic E-state index is 0.163. The van der Waals surface area contributed by atoms with E-state index in [2.05, 4.69) is 71.6 Å². The third kappa shape index (κ3) is 3.24. The van der Waals surface area contributed by atoms with Crippen molar-refractivity contribution in [2.75, 3.05) is 0 Å². The van der Waals surface area contributed by atoms with Gasteiger partial charge in [-0.2, -0.15) is 0 Å². The van der Waals surface area contributed by atoms with Crippen molar-refractivity contribution in [3.63, 3.8) is 0 Å². The molecule has 1 unspecified atom stereocenters. The number of rotatable bonds is 4. The monoisotopic (exact) mass is 379 g/mol. The fourth-order valence-electron chi connectivity index (χ4n) is 4.97. The fourth-order valence-corrected chi connectivity index (χ4v) is 4.97. The number of carbonyl (C=O) groups excluding carboxylic acids is 1. The van der Waals surface area contributed by atoms with E-state index in [-0.39, 0.29) is 6.04 Å². The Kier molecular flexibility index (Phi) is 4.65. The van der Waals surface area contributed by atoms with Crippen LogP contribution in [0.3, 0.4) is 0 Å². The van der Waals surface area contributed by atoms with Crippen LogP contribution in [0, 0.1) is 0 Å². The lowest BCUT2D eigenvalue weighted by Crippen LogP contribution is -2.34. The molecule has 1 heterocycles. The predicted octanol–water partition coefficient (Wildman–Crippen LogP) is 5.82. The molecule has 2 heteroatoms. The maximum atomic E-state index is 13.8. The van der Waals surface area contributed by atoms with Crippen LogP contribution < -0.4 is 0 Å². The van der Waals surface area contributed by atoms with Gasteiger partial charge in [0.1, 0.15) is 5.54 Å². The molecule has 1 saturated carbocycles. The summed E-state index contributed by atoms with van der Waals surface area (Å²) in [4.78, 5) is 16.2. The van der Waals surface area contributed by atoms with Crippen LogP contribution in [-0.2, 0) is 11.3 Å². The maximum absolute atomic E-state index is 13.8. The van der Waals surface area contributed by atoms with Gasteiger partial charge in [-0.25, -0.2) is 0 Å². The second-order valence-corrected chi connectivity index (χ2v) is 8.11. The molecule has 2 nitrogen and oxygen atoms in total. The molecule has 0 aromatic heterocycles. The molecule has 3 aromatic rings. The van der Waals surface area contributed by atoms with Crippen LogP contribution in [0.1, 0.15) is 42.0 Å². The lowest BCUT2D eigenvalue weighted by Gasteiger charge is -2.24. The summed E-state index contributed by atoms with van der Waals surface area (Å²) in [7, 11) is 0. The van der Waals surface area contributed by atoms with E-state index in [4.69, 9.17) is 0 Å². The van der Waals surface area contributed by atoms with E-state index in [1.165, 1.54) is 11.1 Å². The molecular weight excluding hydrogens is 354 g/mol. The minimum atomic E-state index is -0.393. The first-order valence-electron chi connectivity index (χ1n) is 10.4. The number of ketones is 1. The zero-order valence-electron chi connectivity index (χ0n) is 16.5. The standard InChI is InChI=1S/C27H25NO/c29-26-24(19-21-11-4-1-5-12-21)17-10-18-27(26)25(23-15-8-3-9-16-23)28(27)20-22-13-6-2-7-14-22/h1-9,11-16,19,25H,10,17-18,20H2/b24-19+/t25-,27-,28?/m1/s1. The van der Waals surface area contributed by atoms with Crippen LogP contribution in [0.4, 0.5) is 0 Å². The van der Waals surface area contributed by atoms with Crippen LogP contribution >= 0.6 is 0 Å². The van der Waals surface area contributed by atoms with E-state index < -0.39 is 5.54 Å². The molecule has 1 aliphatic heterocycles. The SMILES string of the molecule is O=C1/C(=C/c2ccccc2)CCC[C@@]12[C@@H](c1ccccc1)N2Cc1ccccc1. The number of benzene rings is 3. The lowest BCUT2D eigenvalue weighted by molar-refractivity contribution is -0.120. The van der Waals surface area contributed by atoms with Crippen molar-refractivity contribution in [1.82, 2.24) is 4.90 Å². The normalized spacial score (nSPS) is 27.3. The summed E-state index contributed by atoms with van der Waals surface area (Å²) in [5, 5.41) is 0. The molecule has 5 rings (SSSR count). The topological polar surface area (TPSA) is 20.1 Å². The molecule has 3 atom stereocenters. The molecule has 0 amide bonds. The highest BCUT2D eigenvalue weighted by molar-refractivity contribution is 6.09. The van der Waals surface area contributed by atoms with E-state index >= 15 is 0 Å². The summed E-state index contributed by atoms with van der Waals surface area (Å²) in [5.74, 6) is 0.317. The van der Waals surface area contributed by atoms with Crippen molar-refractivity contribution in [2.24, 2.45) is 0 Å². The second kappa shape index (κ2) is 7.46. The third-order valence-corrected chi connectivity index (χ3v) is 6.35. The van der Waals surface area contributed by atoms with Crippen molar-refractivity contribution in [1.29, 1.82) is 0 Å². The molecular formula is C27H25NO. The van der Waals surface area contributed by atoms with Crippen molar-refractivity contribution in [2.45, 2.75) is 37.4 Å². The second-order valence-electron chi connectivity index (χ2n) is 8.11. The highest BCUT2D eigenvalue weighted by atomic mass is 16.1. The Morgan fingerprint density at radius 2 is 1.48 bits per heavy atom. The zero-order chi connectivity index (χ0) is 19.7. The summed E-state index contributed by atoms with van der Waals surface area (Å²) in [5.41, 5.74) is 4.20. The van der Waals surface area contributed by atoms with Crippen LogP contribution in [0.2, 0.25) is 0 Å². The van der Waals surface area contributed by atoms with E-state index in [1.807, 2.05) is 30.3 Å². The van der Waals surface area contributed by atoms with Gasteiger partial charge in [-0.15, -0.1) is 0 Å². The molecule has 0 N–H and O–H groups in total. The first kappa shape index (κ1) is 18.1.